The molecule has 6 nitrogen and oxygen atoms in total. The number of nitrogens with zero attached hydrogens (tertiary/aromatic N) is 3. The minimum absolute atomic E-state index is 0.435. The van der Waals surface area contributed by atoms with Gasteiger partial charge in [-0.1, -0.05) is 12.1 Å². The molecule has 3 aromatic rings. The maximum absolute atomic E-state index is 5.80. The van der Waals surface area contributed by atoms with Gasteiger partial charge in [-0.15, -0.1) is 0 Å². The lowest BCUT2D eigenvalue weighted by molar-refractivity contribution is 0.292. The fourth-order valence-electron chi connectivity index (χ4n) is 2.25. The summed E-state index contributed by atoms with van der Waals surface area (Å²) in [6, 6.07) is 9.57. The highest BCUT2D eigenvalue weighted by Crippen LogP contribution is 2.23. The molecule has 3 rings (SSSR count). The van der Waals surface area contributed by atoms with Crippen molar-refractivity contribution in [2.45, 2.75) is 20.5 Å². The van der Waals surface area contributed by atoms with E-state index in [1.807, 2.05) is 50.4 Å². The Kier molecular flexibility index (Phi) is 4.23. The molecule has 0 atom stereocenters. The smallest absolute Gasteiger partial charge is 0.217 e. The van der Waals surface area contributed by atoms with Crippen LogP contribution in [0.15, 0.2) is 36.5 Å². The quantitative estimate of drug-likeness (QED) is 0.784. The molecule has 0 unspecified atom stereocenters. The van der Waals surface area contributed by atoms with Crippen molar-refractivity contribution in [3.63, 3.8) is 0 Å². The number of benzene rings is 1. The number of methoxy groups -OCH3 is 1. The molecule has 118 valence electrons. The monoisotopic (exact) mass is 310 g/mol. The third-order valence-corrected chi connectivity index (χ3v) is 3.47. The molecule has 0 saturated carbocycles. The SMILES string of the molecule is COc1ccc(COc2cc(-c3c[nH]nc3C)nc(C)n2)cc1. The van der Waals surface area contributed by atoms with Crippen LogP contribution in [0.5, 0.6) is 11.6 Å². The zero-order chi connectivity index (χ0) is 16.2. The first-order chi connectivity index (χ1) is 11.2. The molecule has 1 N–H and O–H groups in total. The number of ether oxygens (including phenoxy) is 2. The summed E-state index contributed by atoms with van der Waals surface area (Å²) in [7, 11) is 1.65. The van der Waals surface area contributed by atoms with Gasteiger partial charge in [0.25, 0.3) is 0 Å². The van der Waals surface area contributed by atoms with Crippen LogP contribution in [0.25, 0.3) is 11.3 Å². The highest BCUT2D eigenvalue weighted by molar-refractivity contribution is 5.61. The molecule has 0 saturated heterocycles. The van der Waals surface area contributed by atoms with Crippen molar-refractivity contribution in [3.8, 4) is 22.9 Å². The largest absolute Gasteiger partial charge is 0.497 e. The van der Waals surface area contributed by atoms with Crippen LogP contribution in [0.3, 0.4) is 0 Å². The maximum atomic E-state index is 5.80. The van der Waals surface area contributed by atoms with Gasteiger partial charge in [-0.25, -0.2) is 4.98 Å². The average molecular weight is 310 g/mol. The molecule has 0 aliphatic rings. The van der Waals surface area contributed by atoms with Crippen LogP contribution in [-0.2, 0) is 6.61 Å². The van der Waals surface area contributed by atoms with Gasteiger partial charge >= 0.3 is 0 Å². The third kappa shape index (κ3) is 3.48. The maximum Gasteiger partial charge on any atom is 0.217 e. The summed E-state index contributed by atoms with van der Waals surface area (Å²) in [5, 5.41) is 6.97. The summed E-state index contributed by atoms with van der Waals surface area (Å²) in [6.07, 6.45) is 1.82. The van der Waals surface area contributed by atoms with Gasteiger partial charge in [-0.05, 0) is 31.5 Å². The van der Waals surface area contributed by atoms with Crippen molar-refractivity contribution in [2.75, 3.05) is 7.11 Å². The fourth-order valence-corrected chi connectivity index (χ4v) is 2.25. The molecule has 2 aromatic heterocycles. The van der Waals surface area contributed by atoms with E-state index in [1.54, 1.807) is 7.11 Å². The summed E-state index contributed by atoms with van der Waals surface area (Å²) in [5.41, 5.74) is 3.69. The standard InChI is InChI=1S/C17H18N4O2/c1-11-15(9-18-21-11)16-8-17(20-12(2)19-16)23-10-13-4-6-14(22-3)7-5-13/h4-9H,10H2,1-3H3,(H,18,21). The highest BCUT2D eigenvalue weighted by Gasteiger charge is 2.09. The number of aromatic amines is 1. The molecule has 2 heterocycles. The number of rotatable bonds is 5. The van der Waals surface area contributed by atoms with Crippen molar-refractivity contribution < 1.29 is 9.47 Å². The van der Waals surface area contributed by atoms with E-state index >= 15 is 0 Å². The Morgan fingerprint density at radius 1 is 1.09 bits per heavy atom. The van der Waals surface area contributed by atoms with Crippen molar-refractivity contribution in [1.82, 2.24) is 20.2 Å². The molecular weight excluding hydrogens is 292 g/mol. The number of hydrogen-bond donors (Lipinski definition) is 1. The van der Waals surface area contributed by atoms with Gasteiger partial charge in [0.2, 0.25) is 5.88 Å². The zero-order valence-electron chi connectivity index (χ0n) is 13.3. The topological polar surface area (TPSA) is 72.9 Å². The molecule has 0 fully saturated rings. The van der Waals surface area contributed by atoms with Crippen molar-refractivity contribution in [3.05, 3.63) is 53.6 Å². The third-order valence-electron chi connectivity index (χ3n) is 3.47. The molecule has 1 aromatic carbocycles. The summed E-state index contributed by atoms with van der Waals surface area (Å²) < 4.78 is 10.9. The summed E-state index contributed by atoms with van der Waals surface area (Å²) >= 11 is 0. The zero-order valence-corrected chi connectivity index (χ0v) is 13.3. The molecule has 6 heteroatoms. The molecule has 23 heavy (non-hydrogen) atoms. The van der Waals surface area contributed by atoms with Crippen molar-refractivity contribution in [2.24, 2.45) is 0 Å². The molecule has 0 amide bonds. The van der Waals surface area contributed by atoms with Gasteiger partial charge in [-0.3, -0.25) is 5.10 Å². The Labute approximate surface area is 134 Å². The van der Waals surface area contributed by atoms with Crippen LogP contribution in [0.1, 0.15) is 17.1 Å². The second-order valence-electron chi connectivity index (χ2n) is 5.16. The molecular formula is C17H18N4O2. The van der Waals surface area contributed by atoms with Crippen LogP contribution < -0.4 is 9.47 Å². The Morgan fingerprint density at radius 2 is 1.87 bits per heavy atom. The molecule has 0 bridgehead atoms. The highest BCUT2D eigenvalue weighted by atomic mass is 16.5. The fraction of sp³-hybridized carbons (Fsp3) is 0.235. The van der Waals surface area contributed by atoms with E-state index in [2.05, 4.69) is 20.2 Å². The summed E-state index contributed by atoms with van der Waals surface area (Å²) in [4.78, 5) is 8.78. The Balaban J connectivity index is 1.77. The normalized spacial score (nSPS) is 10.6. The van der Waals surface area contributed by atoms with E-state index in [-0.39, 0.29) is 0 Å². The first-order valence-corrected chi connectivity index (χ1v) is 7.28. The minimum atomic E-state index is 0.435. The van der Waals surface area contributed by atoms with Crippen molar-refractivity contribution >= 4 is 0 Å². The van der Waals surface area contributed by atoms with E-state index in [0.29, 0.717) is 18.3 Å². The predicted octanol–water partition coefficient (Wildman–Crippen LogP) is 3.07. The molecule has 0 aliphatic carbocycles. The lowest BCUT2D eigenvalue weighted by atomic mass is 10.2. The van der Waals surface area contributed by atoms with E-state index in [0.717, 1.165) is 28.3 Å². The lowest BCUT2D eigenvalue weighted by Crippen LogP contribution is -2.00. The first kappa shape index (κ1) is 15.0. The molecule has 0 spiro atoms. The first-order valence-electron chi connectivity index (χ1n) is 7.28. The van der Waals surface area contributed by atoms with Gasteiger partial charge in [0.15, 0.2) is 0 Å². The Hall–Kier alpha value is -2.89. The second-order valence-corrected chi connectivity index (χ2v) is 5.16. The van der Waals surface area contributed by atoms with Crippen LogP contribution >= 0.6 is 0 Å². The predicted molar refractivity (Wildman–Crippen MR) is 86.4 cm³/mol. The number of aryl methyl sites for hydroxylation is 2. The van der Waals surface area contributed by atoms with E-state index in [1.165, 1.54) is 0 Å². The van der Waals surface area contributed by atoms with E-state index in [9.17, 15) is 0 Å². The average Bonchev–Trinajstić information content (AvgIpc) is 2.99. The molecule has 0 aliphatic heterocycles. The van der Waals surface area contributed by atoms with Gasteiger partial charge in [0, 0.05) is 17.8 Å². The second kappa shape index (κ2) is 6.48. The van der Waals surface area contributed by atoms with Crippen LogP contribution in [-0.4, -0.2) is 27.3 Å². The van der Waals surface area contributed by atoms with E-state index < -0.39 is 0 Å². The number of hydrogen-bond acceptors (Lipinski definition) is 5. The van der Waals surface area contributed by atoms with Crippen LogP contribution in [0.4, 0.5) is 0 Å². The lowest BCUT2D eigenvalue weighted by Gasteiger charge is -2.08. The number of H-pyrrole nitrogens is 1. The number of aromatic nitrogens is 4. The van der Waals surface area contributed by atoms with E-state index in [4.69, 9.17) is 9.47 Å². The Morgan fingerprint density at radius 3 is 2.52 bits per heavy atom. The van der Waals surface area contributed by atoms with Gasteiger partial charge < -0.3 is 9.47 Å². The van der Waals surface area contributed by atoms with Crippen LogP contribution in [0.2, 0.25) is 0 Å². The summed E-state index contributed by atoms with van der Waals surface area (Å²) in [5.74, 6) is 2.03. The Bertz CT molecular complexity index is 797. The van der Waals surface area contributed by atoms with Gasteiger partial charge in [-0.2, -0.15) is 10.1 Å². The van der Waals surface area contributed by atoms with Gasteiger partial charge in [0.1, 0.15) is 18.2 Å². The van der Waals surface area contributed by atoms with Crippen molar-refractivity contribution in [1.29, 1.82) is 0 Å². The minimum Gasteiger partial charge on any atom is -0.497 e. The summed E-state index contributed by atoms with van der Waals surface area (Å²) in [6.45, 7) is 4.21. The number of nitrogens with one attached hydrogen (secondary N) is 1. The van der Waals surface area contributed by atoms with Gasteiger partial charge in [0.05, 0.1) is 18.5 Å². The molecule has 0 radical (unpaired) electrons. The van der Waals surface area contributed by atoms with Crippen LogP contribution in [0, 0.1) is 13.8 Å².